The van der Waals surface area contributed by atoms with Crippen LogP contribution < -0.4 is 0 Å². The molecule has 1 aromatic rings. The van der Waals surface area contributed by atoms with Gasteiger partial charge in [0, 0.05) is 16.5 Å². The van der Waals surface area contributed by atoms with E-state index in [1.807, 2.05) is 18.2 Å². The molecule has 2 atom stereocenters. The van der Waals surface area contributed by atoms with Crippen LogP contribution in [0.1, 0.15) is 42.5 Å². The minimum Gasteiger partial charge on any atom is -0.481 e. The number of Topliss-reactive ketones (excluding diaryl/α,β-unsaturated/α-hetero) is 1. The quantitative estimate of drug-likeness (QED) is 0.854. The lowest BCUT2D eigenvalue weighted by molar-refractivity contribution is -0.144. The van der Waals surface area contributed by atoms with Crippen molar-refractivity contribution in [3.05, 3.63) is 34.3 Å². The van der Waals surface area contributed by atoms with Crippen molar-refractivity contribution in [2.75, 3.05) is 0 Å². The predicted octanol–water partition coefficient (Wildman–Crippen LogP) is 3.91. The Kier molecular flexibility index (Phi) is 4.75. The lowest BCUT2D eigenvalue weighted by Crippen LogP contribution is -2.28. The molecule has 2 rings (SSSR count). The third-order valence-electron chi connectivity index (χ3n) is 3.85. The number of hydrogen-bond acceptors (Lipinski definition) is 2. The molecular weight excluding hydrogens is 308 g/mol. The molecule has 0 spiro atoms. The summed E-state index contributed by atoms with van der Waals surface area (Å²) >= 11 is 3.37. The molecule has 102 valence electrons. The molecule has 0 aliphatic heterocycles. The summed E-state index contributed by atoms with van der Waals surface area (Å²) in [6.07, 6.45) is 3.85. The molecule has 0 saturated heterocycles. The Morgan fingerprint density at radius 2 is 1.89 bits per heavy atom. The van der Waals surface area contributed by atoms with Crippen LogP contribution in [0.4, 0.5) is 0 Å². The van der Waals surface area contributed by atoms with Crippen molar-refractivity contribution in [3.8, 4) is 0 Å². The van der Waals surface area contributed by atoms with Gasteiger partial charge in [-0.25, -0.2) is 0 Å². The maximum Gasteiger partial charge on any atom is 0.306 e. The maximum atomic E-state index is 12.3. The number of halogens is 1. The Morgan fingerprint density at radius 1 is 1.21 bits per heavy atom. The summed E-state index contributed by atoms with van der Waals surface area (Å²) in [7, 11) is 0. The van der Waals surface area contributed by atoms with Crippen LogP contribution >= 0.6 is 15.9 Å². The molecule has 1 saturated carbocycles. The second-order valence-corrected chi connectivity index (χ2v) is 5.95. The summed E-state index contributed by atoms with van der Waals surface area (Å²) in [6, 6.07) is 7.31. The van der Waals surface area contributed by atoms with Crippen LogP contribution in [0.15, 0.2) is 28.7 Å². The number of carboxylic acid groups (broad SMARTS) is 1. The van der Waals surface area contributed by atoms with Gasteiger partial charge in [0.2, 0.25) is 0 Å². The van der Waals surface area contributed by atoms with Crippen molar-refractivity contribution < 1.29 is 14.7 Å². The van der Waals surface area contributed by atoms with E-state index in [1.165, 1.54) is 0 Å². The number of ketones is 1. The zero-order valence-corrected chi connectivity index (χ0v) is 12.2. The zero-order chi connectivity index (χ0) is 13.8. The third kappa shape index (κ3) is 3.44. The molecule has 19 heavy (non-hydrogen) atoms. The number of carbonyl (C=O) groups excluding carboxylic acids is 1. The van der Waals surface area contributed by atoms with Gasteiger partial charge in [0.15, 0.2) is 5.78 Å². The van der Waals surface area contributed by atoms with E-state index in [1.54, 1.807) is 6.07 Å². The summed E-state index contributed by atoms with van der Waals surface area (Å²) < 4.78 is 0.780. The fraction of sp³-hybridized carbons (Fsp3) is 0.467. The Labute approximate surface area is 121 Å². The van der Waals surface area contributed by atoms with E-state index in [9.17, 15) is 14.7 Å². The smallest absolute Gasteiger partial charge is 0.306 e. The van der Waals surface area contributed by atoms with Gasteiger partial charge in [-0.1, -0.05) is 47.0 Å². The first-order valence-corrected chi connectivity index (χ1v) is 7.39. The monoisotopic (exact) mass is 324 g/mol. The molecule has 0 radical (unpaired) electrons. The van der Waals surface area contributed by atoms with E-state index >= 15 is 0 Å². The number of aliphatic carboxylic acids is 1. The number of hydrogen-bond donors (Lipinski definition) is 1. The van der Waals surface area contributed by atoms with Crippen LogP contribution in [0.2, 0.25) is 0 Å². The topological polar surface area (TPSA) is 54.4 Å². The second kappa shape index (κ2) is 6.33. The van der Waals surface area contributed by atoms with Gasteiger partial charge >= 0.3 is 5.97 Å². The van der Waals surface area contributed by atoms with Crippen molar-refractivity contribution in [1.82, 2.24) is 0 Å². The van der Waals surface area contributed by atoms with E-state index < -0.39 is 5.97 Å². The van der Waals surface area contributed by atoms with Gasteiger partial charge in [0.25, 0.3) is 0 Å². The lowest BCUT2D eigenvalue weighted by atomic mass is 9.76. The number of carbonyl (C=O) groups is 2. The molecule has 4 heteroatoms. The van der Waals surface area contributed by atoms with Crippen molar-refractivity contribution in [3.63, 3.8) is 0 Å². The molecule has 0 aromatic heterocycles. The van der Waals surface area contributed by atoms with Crippen LogP contribution in [-0.2, 0) is 4.79 Å². The van der Waals surface area contributed by atoms with Crippen molar-refractivity contribution in [2.24, 2.45) is 11.8 Å². The Morgan fingerprint density at radius 3 is 2.58 bits per heavy atom. The van der Waals surface area contributed by atoms with Crippen LogP contribution in [0.25, 0.3) is 0 Å². The molecule has 0 heterocycles. The number of benzene rings is 1. The minimum absolute atomic E-state index is 0.0224. The van der Waals surface area contributed by atoms with Gasteiger partial charge in [-0.05, 0) is 24.8 Å². The van der Waals surface area contributed by atoms with E-state index in [2.05, 4.69) is 15.9 Å². The maximum absolute atomic E-state index is 12.3. The first-order valence-electron chi connectivity index (χ1n) is 6.60. The minimum atomic E-state index is -0.760. The fourth-order valence-electron chi connectivity index (χ4n) is 2.81. The lowest BCUT2D eigenvalue weighted by Gasteiger charge is -2.28. The normalized spacial score (nSPS) is 23.0. The van der Waals surface area contributed by atoms with E-state index in [4.69, 9.17) is 0 Å². The first kappa shape index (κ1) is 14.3. The largest absolute Gasteiger partial charge is 0.481 e. The van der Waals surface area contributed by atoms with Crippen LogP contribution in [0.5, 0.6) is 0 Å². The molecule has 1 aliphatic rings. The van der Waals surface area contributed by atoms with E-state index in [0.717, 1.165) is 23.7 Å². The van der Waals surface area contributed by atoms with E-state index in [0.29, 0.717) is 18.4 Å². The number of carboxylic acids is 1. The van der Waals surface area contributed by atoms with Gasteiger partial charge in [-0.15, -0.1) is 0 Å². The average Bonchev–Trinajstić information content (AvgIpc) is 2.39. The molecule has 3 nitrogen and oxygen atoms in total. The Hall–Kier alpha value is -1.16. The van der Waals surface area contributed by atoms with Gasteiger partial charge in [0.05, 0.1) is 5.92 Å². The average molecular weight is 325 g/mol. The molecule has 1 fully saturated rings. The molecule has 1 aromatic carbocycles. The molecule has 1 N–H and O–H groups in total. The Balaban J connectivity index is 2.09. The van der Waals surface area contributed by atoms with Crippen LogP contribution in [0.3, 0.4) is 0 Å². The van der Waals surface area contributed by atoms with Gasteiger partial charge in [-0.3, -0.25) is 9.59 Å². The zero-order valence-electron chi connectivity index (χ0n) is 10.6. The molecular formula is C15H17BrO3. The summed E-state index contributed by atoms with van der Waals surface area (Å²) in [6.45, 7) is 0. The highest BCUT2D eigenvalue weighted by molar-refractivity contribution is 9.10. The van der Waals surface area contributed by atoms with Crippen LogP contribution in [0, 0.1) is 11.8 Å². The summed E-state index contributed by atoms with van der Waals surface area (Å²) in [5.41, 5.74) is 0.650. The van der Waals surface area contributed by atoms with Crippen molar-refractivity contribution >= 4 is 27.7 Å². The van der Waals surface area contributed by atoms with Gasteiger partial charge in [-0.2, -0.15) is 0 Å². The predicted molar refractivity (Wildman–Crippen MR) is 76.2 cm³/mol. The second-order valence-electron chi connectivity index (χ2n) is 5.10. The van der Waals surface area contributed by atoms with Crippen molar-refractivity contribution in [2.45, 2.75) is 32.1 Å². The highest BCUT2D eigenvalue weighted by atomic mass is 79.9. The van der Waals surface area contributed by atoms with Crippen molar-refractivity contribution in [1.29, 1.82) is 0 Å². The highest BCUT2D eigenvalue weighted by Crippen LogP contribution is 2.34. The molecule has 1 aliphatic carbocycles. The highest BCUT2D eigenvalue weighted by Gasteiger charge is 2.32. The first-order chi connectivity index (χ1) is 9.09. The van der Waals surface area contributed by atoms with Crippen LogP contribution in [-0.4, -0.2) is 16.9 Å². The summed E-state index contributed by atoms with van der Waals surface area (Å²) in [5, 5.41) is 9.23. The Bertz CT molecular complexity index is 484. The van der Waals surface area contributed by atoms with E-state index in [-0.39, 0.29) is 17.6 Å². The fourth-order valence-corrected chi connectivity index (χ4v) is 3.32. The summed E-state index contributed by atoms with van der Waals surface area (Å²) in [5.74, 6) is -1.11. The number of rotatable bonds is 4. The van der Waals surface area contributed by atoms with Gasteiger partial charge < -0.3 is 5.11 Å². The molecule has 0 unspecified atom stereocenters. The van der Waals surface area contributed by atoms with Gasteiger partial charge in [0.1, 0.15) is 0 Å². The standard InChI is InChI=1S/C15H17BrO3/c16-13-8-4-3-7-12(13)14(17)9-10-5-1-2-6-11(10)15(18)19/h3-4,7-8,10-11H,1-2,5-6,9H2,(H,18,19)/t10-,11+/m0/s1. The molecule has 0 amide bonds. The molecule has 0 bridgehead atoms. The SMILES string of the molecule is O=C(C[C@@H]1CCCC[C@H]1C(=O)O)c1ccccc1Br. The third-order valence-corrected chi connectivity index (χ3v) is 4.54. The summed E-state index contributed by atoms with van der Waals surface area (Å²) in [4.78, 5) is 23.5.